The number of β-lactam (4-membered cyclic amide) rings is 1. The number of nitrogens with one attached hydrogen (secondary N) is 3. The number of aromatic amines is 1. The van der Waals surface area contributed by atoms with Gasteiger partial charge in [-0.1, -0.05) is 5.16 Å². The summed E-state index contributed by atoms with van der Waals surface area (Å²) in [7, 11) is 0. The molecule has 0 aliphatic carbocycles. The van der Waals surface area contributed by atoms with E-state index in [1.165, 1.54) is 23.6 Å². The summed E-state index contributed by atoms with van der Waals surface area (Å²) in [5.74, 6) is -2.36. The molecule has 4 N–H and O–H groups in total. The number of pyridine rings is 1. The molecular weight excluding hydrogens is 550 g/mol. The minimum absolute atomic E-state index is 0.0684. The highest BCUT2D eigenvalue weighted by molar-refractivity contribution is 8.00. The van der Waals surface area contributed by atoms with Gasteiger partial charge in [0.2, 0.25) is 0 Å². The van der Waals surface area contributed by atoms with Crippen LogP contribution in [-0.2, 0) is 30.6 Å². The van der Waals surface area contributed by atoms with Crippen molar-refractivity contribution < 1.29 is 33.7 Å². The molecular formula is C27H28N7O6S+. The molecule has 1 fully saturated rings. The summed E-state index contributed by atoms with van der Waals surface area (Å²) in [5, 5.41) is 26.4. The van der Waals surface area contributed by atoms with Gasteiger partial charge in [-0.3, -0.25) is 24.6 Å². The number of nitrogens with zero attached hydrogens (tertiary/aromatic N) is 4. The van der Waals surface area contributed by atoms with E-state index in [4.69, 9.17) is 10.1 Å². The maximum atomic E-state index is 12.9. The second-order valence-corrected chi connectivity index (χ2v) is 10.3. The molecule has 4 heterocycles. The van der Waals surface area contributed by atoms with E-state index in [-0.39, 0.29) is 18.0 Å². The number of aromatic nitrogens is 2. The van der Waals surface area contributed by atoms with Gasteiger partial charge in [-0.05, 0) is 38.5 Å². The monoisotopic (exact) mass is 578 g/mol. The van der Waals surface area contributed by atoms with Crippen molar-refractivity contribution in [2.75, 3.05) is 12.4 Å². The molecule has 2 aliphatic heterocycles. The number of hydrogen-bond donors (Lipinski definition) is 4. The third kappa shape index (κ3) is 6.30. The van der Waals surface area contributed by atoms with Gasteiger partial charge in [-0.15, -0.1) is 11.8 Å². The lowest BCUT2D eigenvalue weighted by atomic mass is 10.0. The van der Waals surface area contributed by atoms with E-state index < -0.39 is 35.1 Å². The van der Waals surface area contributed by atoms with Crippen LogP contribution in [0.25, 0.3) is 17.2 Å². The SMILES string of the molecule is CCO/N=C(/C)C(=O)NC1C(=O)N2C(C(=O)O)=C(C[n+]3ccc(-c4c[nH]c(/C=C(\C)C(=O)NC#N)c4)cc3)CSC12. The summed E-state index contributed by atoms with van der Waals surface area (Å²) < 4.78 is 1.82. The fourth-order valence-corrected chi connectivity index (χ4v) is 5.67. The van der Waals surface area contributed by atoms with Gasteiger partial charge in [0.05, 0.1) is 0 Å². The van der Waals surface area contributed by atoms with E-state index >= 15 is 0 Å². The first-order chi connectivity index (χ1) is 19.6. The van der Waals surface area contributed by atoms with Crippen LogP contribution >= 0.6 is 11.8 Å². The number of nitriles is 1. The Hall–Kier alpha value is -4.90. The molecule has 2 unspecified atom stereocenters. The third-order valence-electron chi connectivity index (χ3n) is 6.40. The zero-order valence-corrected chi connectivity index (χ0v) is 23.3. The number of rotatable bonds is 10. The Morgan fingerprint density at radius 1 is 1.29 bits per heavy atom. The number of H-pyrrole nitrogens is 1. The Labute approximate surface area is 239 Å². The zero-order chi connectivity index (χ0) is 29.7. The van der Waals surface area contributed by atoms with Crippen molar-refractivity contribution in [2.45, 2.75) is 38.7 Å². The van der Waals surface area contributed by atoms with E-state index in [1.54, 1.807) is 32.3 Å². The van der Waals surface area contributed by atoms with E-state index in [9.17, 15) is 24.3 Å². The van der Waals surface area contributed by atoms with E-state index in [1.807, 2.05) is 35.2 Å². The van der Waals surface area contributed by atoms with Crippen LogP contribution in [0.2, 0.25) is 0 Å². The minimum atomic E-state index is -1.21. The molecule has 41 heavy (non-hydrogen) atoms. The number of thioether (sulfide) groups is 1. The van der Waals surface area contributed by atoms with Crippen molar-refractivity contribution in [3.63, 3.8) is 0 Å². The smallest absolute Gasteiger partial charge is 0.352 e. The fraction of sp³-hybridized carbons (Fsp3) is 0.296. The largest absolute Gasteiger partial charge is 0.477 e. The fourth-order valence-electron chi connectivity index (χ4n) is 4.34. The van der Waals surface area contributed by atoms with E-state index in [0.717, 1.165) is 11.1 Å². The van der Waals surface area contributed by atoms with Gasteiger partial charge < -0.3 is 20.2 Å². The maximum Gasteiger partial charge on any atom is 0.352 e. The van der Waals surface area contributed by atoms with Gasteiger partial charge in [-0.25, -0.2) is 9.36 Å². The third-order valence-corrected chi connectivity index (χ3v) is 7.74. The second kappa shape index (κ2) is 12.5. The summed E-state index contributed by atoms with van der Waals surface area (Å²) >= 11 is 1.39. The van der Waals surface area contributed by atoms with Crippen LogP contribution in [0, 0.1) is 11.5 Å². The Bertz CT molecular complexity index is 1520. The van der Waals surface area contributed by atoms with Crippen LogP contribution in [-0.4, -0.2) is 68.2 Å². The first-order valence-electron chi connectivity index (χ1n) is 12.6. The van der Waals surface area contributed by atoms with Crippen molar-refractivity contribution in [3.05, 3.63) is 59.3 Å². The van der Waals surface area contributed by atoms with Crippen LogP contribution in [0.1, 0.15) is 26.5 Å². The molecule has 0 aromatic carbocycles. The molecule has 2 atom stereocenters. The second-order valence-electron chi connectivity index (χ2n) is 9.21. The van der Waals surface area contributed by atoms with Gasteiger partial charge in [-0.2, -0.15) is 5.26 Å². The Balaban J connectivity index is 1.46. The number of carbonyl (C=O) groups is 4. The van der Waals surface area contributed by atoms with E-state index in [0.29, 0.717) is 29.2 Å². The number of carboxylic acid groups (broad SMARTS) is 1. The molecule has 0 bridgehead atoms. The summed E-state index contributed by atoms with van der Waals surface area (Å²) in [5.41, 5.74) is 3.40. The molecule has 14 heteroatoms. The number of aliphatic carboxylic acids is 1. The molecule has 4 rings (SSSR count). The average molecular weight is 579 g/mol. The molecule has 13 nitrogen and oxygen atoms in total. The van der Waals surface area contributed by atoms with Gasteiger partial charge in [0.1, 0.15) is 29.4 Å². The van der Waals surface area contributed by atoms with Crippen molar-refractivity contribution in [1.29, 1.82) is 5.26 Å². The molecule has 0 radical (unpaired) electrons. The summed E-state index contributed by atoms with van der Waals surface area (Å²) in [4.78, 5) is 58.4. The highest BCUT2D eigenvalue weighted by Crippen LogP contribution is 2.40. The van der Waals surface area contributed by atoms with Gasteiger partial charge in [0, 0.05) is 46.5 Å². The number of fused-ring (bicyclic) bond motifs is 1. The van der Waals surface area contributed by atoms with Crippen LogP contribution in [0.5, 0.6) is 0 Å². The van der Waals surface area contributed by atoms with Gasteiger partial charge in [0.25, 0.3) is 17.7 Å². The highest BCUT2D eigenvalue weighted by Gasteiger charge is 2.54. The minimum Gasteiger partial charge on any atom is -0.477 e. The predicted molar refractivity (Wildman–Crippen MR) is 148 cm³/mol. The molecule has 1 saturated heterocycles. The molecule has 0 spiro atoms. The van der Waals surface area contributed by atoms with E-state index in [2.05, 4.69) is 20.8 Å². The topological polar surface area (TPSA) is 181 Å². The number of oxime groups is 1. The molecule has 2 aromatic rings. The van der Waals surface area contributed by atoms with Crippen molar-refractivity contribution >= 4 is 47.2 Å². The summed E-state index contributed by atoms with van der Waals surface area (Å²) in [6, 6.07) is 4.75. The molecule has 2 aliphatic rings. The van der Waals surface area contributed by atoms with Crippen LogP contribution < -0.4 is 15.2 Å². The van der Waals surface area contributed by atoms with Crippen molar-refractivity contribution in [1.82, 2.24) is 20.5 Å². The van der Waals surface area contributed by atoms with Crippen LogP contribution in [0.15, 0.2) is 58.8 Å². The van der Waals surface area contributed by atoms with Gasteiger partial charge in [0.15, 0.2) is 25.1 Å². The maximum absolute atomic E-state index is 12.9. The lowest BCUT2D eigenvalue weighted by Gasteiger charge is -2.49. The van der Waals surface area contributed by atoms with Gasteiger partial charge >= 0.3 is 5.97 Å². The summed E-state index contributed by atoms with van der Waals surface area (Å²) in [6.07, 6.45) is 8.66. The number of carboxylic acids is 1. The Morgan fingerprint density at radius 2 is 2.02 bits per heavy atom. The zero-order valence-electron chi connectivity index (χ0n) is 22.5. The first kappa shape index (κ1) is 29.1. The molecule has 212 valence electrons. The first-order valence-corrected chi connectivity index (χ1v) is 13.6. The Kier molecular flexibility index (Phi) is 8.88. The average Bonchev–Trinajstić information content (AvgIpc) is 3.42. The van der Waals surface area contributed by atoms with Crippen molar-refractivity contribution in [3.8, 4) is 17.3 Å². The predicted octanol–water partition coefficient (Wildman–Crippen LogP) is 1.12. The number of hydrogen-bond acceptors (Lipinski definition) is 8. The lowest BCUT2D eigenvalue weighted by Crippen LogP contribution is -2.71. The van der Waals surface area contributed by atoms with Crippen LogP contribution in [0.3, 0.4) is 0 Å². The van der Waals surface area contributed by atoms with Crippen molar-refractivity contribution in [2.24, 2.45) is 5.16 Å². The highest BCUT2D eigenvalue weighted by atomic mass is 32.2. The number of carbonyl (C=O) groups excluding carboxylic acids is 3. The standard InChI is InChI=1S/C27H27N7O6S/c1-4-40-32-16(3)24(36)31-21-25(37)34-22(27(38)39)19(13-41-26(21)34)12-33-7-5-17(6-8-33)18-10-20(29-11-18)9-15(2)23(35)30-14-28/h5-11,21,26H,4,12-13H2,1-3H3,(H3,30,31,35,36,38,39)/p+1/b15-9+,32-16-. The number of amides is 3. The molecule has 3 amide bonds. The molecule has 0 saturated carbocycles. The lowest BCUT2D eigenvalue weighted by molar-refractivity contribution is -0.689. The normalized spacial score (nSPS) is 18.7. The Morgan fingerprint density at radius 3 is 2.68 bits per heavy atom. The molecule has 2 aromatic heterocycles. The summed E-state index contributed by atoms with van der Waals surface area (Å²) in [6.45, 7) is 5.36. The quantitative estimate of drug-likeness (QED) is 0.0615. The van der Waals surface area contributed by atoms with Crippen LogP contribution in [0.4, 0.5) is 0 Å².